The van der Waals surface area contributed by atoms with Gasteiger partial charge in [0.05, 0.1) is 17.5 Å². The Kier molecular flexibility index (Phi) is 6.76. The van der Waals surface area contributed by atoms with Crippen molar-refractivity contribution in [1.82, 2.24) is 5.32 Å². The van der Waals surface area contributed by atoms with Gasteiger partial charge in [0, 0.05) is 5.56 Å². The Morgan fingerprint density at radius 2 is 1.88 bits per heavy atom. The van der Waals surface area contributed by atoms with E-state index in [4.69, 9.17) is 9.88 Å². The third kappa shape index (κ3) is 5.57. The van der Waals surface area contributed by atoms with E-state index in [0.717, 1.165) is 18.6 Å². The summed E-state index contributed by atoms with van der Waals surface area (Å²) >= 11 is 0. The van der Waals surface area contributed by atoms with Gasteiger partial charge in [-0.15, -0.1) is 0 Å². The van der Waals surface area contributed by atoms with Crippen LogP contribution < -0.4 is 15.2 Å². The summed E-state index contributed by atoms with van der Waals surface area (Å²) in [6.45, 7) is 4.53. The normalized spacial score (nSPS) is 12.4. The Labute approximate surface area is 154 Å². The molecule has 0 fully saturated rings. The molecule has 2 rings (SSSR count). The fourth-order valence-corrected chi connectivity index (χ4v) is 2.93. The number of carbonyl (C=O) groups is 1. The minimum absolute atomic E-state index is 0.0182. The quantitative estimate of drug-likeness (QED) is 0.692. The molecule has 0 saturated carbocycles. The number of hydrogen-bond donors (Lipinski definition) is 2. The first-order valence-corrected chi connectivity index (χ1v) is 10.0. The van der Waals surface area contributed by atoms with Gasteiger partial charge in [-0.25, -0.2) is 13.6 Å². The molecule has 0 aliphatic heterocycles. The summed E-state index contributed by atoms with van der Waals surface area (Å²) in [5, 5.41) is 8.00. The number of primary sulfonamides is 1. The second kappa shape index (κ2) is 8.82. The van der Waals surface area contributed by atoms with Crippen LogP contribution in [-0.2, 0) is 10.0 Å². The van der Waals surface area contributed by atoms with E-state index in [1.165, 1.54) is 12.1 Å². The zero-order valence-electron chi connectivity index (χ0n) is 14.9. The second-order valence-electron chi connectivity index (χ2n) is 6.04. The molecule has 6 nitrogen and oxygen atoms in total. The molecule has 0 saturated heterocycles. The molecule has 1 unspecified atom stereocenters. The van der Waals surface area contributed by atoms with E-state index in [1.54, 1.807) is 43.3 Å². The van der Waals surface area contributed by atoms with Crippen molar-refractivity contribution in [3.63, 3.8) is 0 Å². The highest BCUT2D eigenvalue weighted by atomic mass is 32.2. The van der Waals surface area contributed by atoms with Gasteiger partial charge >= 0.3 is 0 Å². The van der Waals surface area contributed by atoms with Crippen LogP contribution in [0, 0.1) is 0 Å². The first-order chi connectivity index (χ1) is 12.3. The smallest absolute Gasteiger partial charge is 0.251 e. The van der Waals surface area contributed by atoms with E-state index in [2.05, 4.69) is 12.2 Å². The fraction of sp³-hybridized carbons (Fsp3) is 0.316. The Morgan fingerprint density at radius 3 is 2.50 bits per heavy atom. The molecule has 140 valence electrons. The highest BCUT2D eigenvalue weighted by Gasteiger charge is 2.14. The second-order valence-corrected chi connectivity index (χ2v) is 7.60. The van der Waals surface area contributed by atoms with Crippen LogP contribution in [0.15, 0.2) is 53.4 Å². The monoisotopic (exact) mass is 376 g/mol. The van der Waals surface area contributed by atoms with Gasteiger partial charge in [0.2, 0.25) is 10.0 Å². The average Bonchev–Trinajstić information content (AvgIpc) is 2.62. The number of nitrogens with two attached hydrogens (primary N) is 1. The lowest BCUT2D eigenvalue weighted by molar-refractivity contribution is 0.0940. The van der Waals surface area contributed by atoms with E-state index in [1.807, 2.05) is 0 Å². The molecule has 0 aliphatic rings. The largest absolute Gasteiger partial charge is 0.494 e. The van der Waals surface area contributed by atoms with E-state index >= 15 is 0 Å². The maximum absolute atomic E-state index is 12.4. The molecule has 0 aromatic heterocycles. The number of carbonyl (C=O) groups excluding carboxylic acids is 1. The van der Waals surface area contributed by atoms with Crippen LogP contribution in [0.25, 0.3) is 0 Å². The van der Waals surface area contributed by atoms with Gasteiger partial charge in [0.1, 0.15) is 5.75 Å². The summed E-state index contributed by atoms with van der Waals surface area (Å²) < 4.78 is 28.5. The Morgan fingerprint density at radius 1 is 1.19 bits per heavy atom. The number of hydrogen-bond acceptors (Lipinski definition) is 4. The van der Waals surface area contributed by atoms with Gasteiger partial charge in [0.15, 0.2) is 0 Å². The van der Waals surface area contributed by atoms with Crippen molar-refractivity contribution in [2.24, 2.45) is 5.14 Å². The number of sulfonamides is 1. The molecule has 2 aromatic carbocycles. The van der Waals surface area contributed by atoms with Gasteiger partial charge in [-0.2, -0.15) is 0 Å². The highest BCUT2D eigenvalue weighted by molar-refractivity contribution is 7.89. The number of unbranched alkanes of at least 4 members (excludes halogenated alkanes) is 1. The summed E-state index contributed by atoms with van der Waals surface area (Å²) in [4.78, 5) is 12.4. The third-order valence-corrected chi connectivity index (χ3v) is 4.83. The maximum Gasteiger partial charge on any atom is 0.251 e. The summed E-state index contributed by atoms with van der Waals surface area (Å²) in [5.41, 5.74) is 1.16. The lowest BCUT2D eigenvalue weighted by Gasteiger charge is -2.15. The number of amides is 1. The Balaban J connectivity index is 2.03. The summed E-state index contributed by atoms with van der Waals surface area (Å²) in [6, 6.07) is 12.8. The van der Waals surface area contributed by atoms with Crippen molar-refractivity contribution in [2.75, 3.05) is 6.61 Å². The van der Waals surface area contributed by atoms with Crippen molar-refractivity contribution >= 4 is 15.9 Å². The lowest BCUT2D eigenvalue weighted by atomic mass is 10.1. The van der Waals surface area contributed by atoms with E-state index < -0.39 is 10.0 Å². The standard InChI is InChI=1S/C19H24N2O4S/c1-3-4-12-25-17-10-8-15(9-11-17)19(22)21-14(2)16-6-5-7-18(13-16)26(20,23)24/h5-11,13-14H,3-4,12H2,1-2H3,(H,21,22)(H2,20,23,24). The van der Waals surface area contributed by atoms with Crippen molar-refractivity contribution in [1.29, 1.82) is 0 Å². The van der Waals surface area contributed by atoms with Gasteiger partial charge in [0.25, 0.3) is 5.91 Å². The Hall–Kier alpha value is -2.38. The molecule has 0 spiro atoms. The first kappa shape index (κ1) is 19.9. The molecular formula is C19H24N2O4S. The van der Waals surface area contributed by atoms with Crippen LogP contribution in [0.1, 0.15) is 48.7 Å². The average molecular weight is 376 g/mol. The molecule has 26 heavy (non-hydrogen) atoms. The number of rotatable bonds is 8. The molecule has 3 N–H and O–H groups in total. The molecule has 2 aromatic rings. The van der Waals surface area contributed by atoms with E-state index in [9.17, 15) is 13.2 Å². The highest BCUT2D eigenvalue weighted by Crippen LogP contribution is 2.18. The molecule has 1 amide bonds. The number of nitrogens with one attached hydrogen (secondary N) is 1. The minimum atomic E-state index is -3.78. The molecule has 1 atom stereocenters. The van der Waals surface area contributed by atoms with E-state index in [0.29, 0.717) is 17.7 Å². The lowest BCUT2D eigenvalue weighted by Crippen LogP contribution is -2.26. The van der Waals surface area contributed by atoms with Crippen LogP contribution in [-0.4, -0.2) is 20.9 Å². The maximum atomic E-state index is 12.4. The van der Waals surface area contributed by atoms with Gasteiger partial charge in [-0.1, -0.05) is 25.5 Å². The van der Waals surface area contributed by atoms with Crippen LogP contribution in [0.3, 0.4) is 0 Å². The summed E-state index contributed by atoms with van der Waals surface area (Å²) in [6.07, 6.45) is 2.04. The van der Waals surface area contributed by atoms with Gasteiger partial charge in [-0.3, -0.25) is 4.79 Å². The minimum Gasteiger partial charge on any atom is -0.494 e. The predicted octanol–water partition coefficient (Wildman–Crippen LogP) is 3.00. The van der Waals surface area contributed by atoms with Gasteiger partial charge in [-0.05, 0) is 55.3 Å². The summed E-state index contributed by atoms with van der Waals surface area (Å²) in [5.74, 6) is 0.475. The van der Waals surface area contributed by atoms with Gasteiger partial charge < -0.3 is 10.1 Å². The first-order valence-electron chi connectivity index (χ1n) is 8.47. The summed E-state index contributed by atoms with van der Waals surface area (Å²) in [7, 11) is -3.78. The van der Waals surface area contributed by atoms with Crippen molar-refractivity contribution in [2.45, 2.75) is 37.6 Å². The van der Waals surface area contributed by atoms with E-state index in [-0.39, 0.29) is 16.8 Å². The van der Waals surface area contributed by atoms with Crippen LogP contribution in [0.4, 0.5) is 0 Å². The molecule has 0 bridgehead atoms. The predicted molar refractivity (Wildman–Crippen MR) is 101 cm³/mol. The Bertz CT molecular complexity index is 848. The van der Waals surface area contributed by atoms with Crippen molar-refractivity contribution in [3.8, 4) is 5.75 Å². The molecule has 0 heterocycles. The number of benzene rings is 2. The number of ether oxygens (including phenoxy) is 1. The van der Waals surface area contributed by atoms with Crippen LogP contribution in [0.2, 0.25) is 0 Å². The molecule has 7 heteroatoms. The topological polar surface area (TPSA) is 98.5 Å². The van der Waals surface area contributed by atoms with Crippen LogP contribution >= 0.6 is 0 Å². The van der Waals surface area contributed by atoms with Crippen molar-refractivity contribution in [3.05, 3.63) is 59.7 Å². The molecule has 0 radical (unpaired) electrons. The van der Waals surface area contributed by atoms with Crippen molar-refractivity contribution < 1.29 is 17.9 Å². The zero-order valence-corrected chi connectivity index (χ0v) is 15.8. The zero-order chi connectivity index (χ0) is 19.2. The van der Waals surface area contributed by atoms with Crippen LogP contribution in [0.5, 0.6) is 5.75 Å². The fourth-order valence-electron chi connectivity index (χ4n) is 2.36. The molecular weight excluding hydrogens is 352 g/mol. The molecule has 0 aliphatic carbocycles. The SMILES string of the molecule is CCCCOc1ccc(C(=O)NC(C)c2cccc(S(N)(=O)=O)c2)cc1. The third-order valence-electron chi connectivity index (χ3n) is 3.92.